The van der Waals surface area contributed by atoms with Crippen LogP contribution in [0.4, 0.5) is 5.82 Å². The number of aromatic nitrogens is 2. The van der Waals surface area contributed by atoms with Gasteiger partial charge in [0.25, 0.3) is 5.91 Å². The molecule has 1 heterocycles. The van der Waals surface area contributed by atoms with Crippen molar-refractivity contribution in [1.29, 1.82) is 0 Å². The van der Waals surface area contributed by atoms with Crippen LogP contribution in [0.2, 0.25) is 5.02 Å². The molecule has 0 saturated carbocycles. The first-order valence-electron chi connectivity index (χ1n) is 11.6. The highest BCUT2D eigenvalue weighted by Gasteiger charge is 2.24. The van der Waals surface area contributed by atoms with E-state index in [-0.39, 0.29) is 23.8 Å². The molecule has 180 valence electrons. The molecule has 0 bridgehead atoms. The number of rotatable bonds is 8. The molecule has 0 atom stereocenters. The predicted molar refractivity (Wildman–Crippen MR) is 138 cm³/mol. The molecule has 0 unspecified atom stereocenters. The van der Waals surface area contributed by atoms with Gasteiger partial charge in [0.1, 0.15) is 12.4 Å². The molecule has 0 saturated heterocycles. The van der Waals surface area contributed by atoms with E-state index in [4.69, 9.17) is 16.7 Å². The fourth-order valence-electron chi connectivity index (χ4n) is 3.48. The number of hydrogen-bond acceptors (Lipinski definition) is 3. The number of nitrogens with zero attached hydrogens (tertiary/aromatic N) is 3. The van der Waals surface area contributed by atoms with Crippen LogP contribution < -0.4 is 5.32 Å². The van der Waals surface area contributed by atoms with Crippen LogP contribution in [0.5, 0.6) is 0 Å². The van der Waals surface area contributed by atoms with E-state index in [2.05, 4.69) is 26.1 Å². The average Bonchev–Trinajstić information content (AvgIpc) is 3.21. The molecule has 1 aromatic heterocycles. The molecule has 0 aliphatic carbocycles. The summed E-state index contributed by atoms with van der Waals surface area (Å²) >= 11 is 6.25. The molecule has 0 fully saturated rings. The minimum atomic E-state index is -0.287. The summed E-state index contributed by atoms with van der Waals surface area (Å²) in [5.41, 5.74) is 3.06. The zero-order valence-electron chi connectivity index (χ0n) is 20.6. The number of carbonyl (C=O) groups is 2. The van der Waals surface area contributed by atoms with E-state index in [1.54, 1.807) is 33.8 Å². The van der Waals surface area contributed by atoms with E-state index in [9.17, 15) is 9.59 Å². The summed E-state index contributed by atoms with van der Waals surface area (Å²) in [4.78, 5) is 27.8. The maximum Gasteiger partial charge on any atom is 0.255 e. The lowest BCUT2D eigenvalue weighted by atomic mass is 9.92. The molecule has 0 spiro atoms. The van der Waals surface area contributed by atoms with Gasteiger partial charge in [-0.1, -0.05) is 75.5 Å². The number of halogens is 1. The Morgan fingerprint density at radius 2 is 1.76 bits per heavy atom. The van der Waals surface area contributed by atoms with Gasteiger partial charge in [0.2, 0.25) is 5.91 Å². The lowest BCUT2D eigenvalue weighted by Gasteiger charge is -2.22. The first kappa shape index (κ1) is 25.5. The van der Waals surface area contributed by atoms with Crippen molar-refractivity contribution in [3.63, 3.8) is 0 Å². The molecule has 6 nitrogen and oxygen atoms in total. The monoisotopic (exact) mass is 480 g/mol. The van der Waals surface area contributed by atoms with Gasteiger partial charge < -0.3 is 10.2 Å². The van der Waals surface area contributed by atoms with Crippen molar-refractivity contribution in [2.24, 2.45) is 0 Å². The molecule has 2 amide bonds. The van der Waals surface area contributed by atoms with E-state index < -0.39 is 0 Å². The molecule has 0 radical (unpaired) electrons. The van der Waals surface area contributed by atoms with E-state index >= 15 is 0 Å². The Morgan fingerprint density at radius 1 is 1.09 bits per heavy atom. The molecule has 0 aliphatic heterocycles. The molecule has 1 N–H and O–H groups in total. The second kappa shape index (κ2) is 10.9. The molecular formula is C27H33ClN4O2. The van der Waals surface area contributed by atoms with Gasteiger partial charge in [-0.15, -0.1) is 0 Å². The Balaban J connectivity index is 1.86. The standard InChI is InChI=1S/C27H33ClN4O2/c1-6-7-16-31(26(34)21-10-8-9-11-22(21)28)18-25(33)29-24-17-23(27(3,4)5)30-32(24)20-14-12-19(2)13-15-20/h8-15,17H,6-7,16,18H2,1-5H3,(H,29,33). The van der Waals surface area contributed by atoms with Gasteiger partial charge in [-0.2, -0.15) is 5.10 Å². The van der Waals surface area contributed by atoms with Crippen molar-refractivity contribution < 1.29 is 9.59 Å². The smallest absolute Gasteiger partial charge is 0.255 e. The van der Waals surface area contributed by atoms with Gasteiger partial charge in [0, 0.05) is 18.0 Å². The van der Waals surface area contributed by atoms with Gasteiger partial charge in [-0.25, -0.2) is 4.68 Å². The van der Waals surface area contributed by atoms with Crippen molar-refractivity contribution in [2.45, 2.75) is 52.9 Å². The number of aryl methyl sites for hydroxylation is 1. The number of benzene rings is 2. The molecule has 3 aromatic rings. The van der Waals surface area contributed by atoms with Crippen LogP contribution >= 0.6 is 11.6 Å². The lowest BCUT2D eigenvalue weighted by molar-refractivity contribution is -0.117. The third-order valence-electron chi connectivity index (χ3n) is 5.53. The second-order valence-corrected chi connectivity index (χ2v) is 9.93. The Kier molecular flexibility index (Phi) is 8.15. The molecule has 34 heavy (non-hydrogen) atoms. The normalized spacial score (nSPS) is 11.4. The summed E-state index contributed by atoms with van der Waals surface area (Å²) in [7, 11) is 0. The first-order valence-corrected chi connectivity index (χ1v) is 12.0. The largest absolute Gasteiger partial charge is 0.329 e. The van der Waals surface area contributed by atoms with Crippen molar-refractivity contribution in [2.75, 3.05) is 18.4 Å². The van der Waals surface area contributed by atoms with Crippen LogP contribution in [-0.4, -0.2) is 39.6 Å². The maximum absolute atomic E-state index is 13.2. The zero-order valence-corrected chi connectivity index (χ0v) is 21.3. The highest BCUT2D eigenvalue weighted by Crippen LogP contribution is 2.26. The van der Waals surface area contributed by atoms with Crippen LogP contribution in [0.15, 0.2) is 54.6 Å². The minimum Gasteiger partial charge on any atom is -0.329 e. The summed E-state index contributed by atoms with van der Waals surface area (Å²) in [6.07, 6.45) is 1.70. The Bertz CT molecular complexity index is 1150. The average molecular weight is 481 g/mol. The number of hydrogen-bond donors (Lipinski definition) is 1. The van der Waals surface area contributed by atoms with E-state index in [1.165, 1.54) is 0 Å². The number of carbonyl (C=O) groups excluding carboxylic acids is 2. The van der Waals surface area contributed by atoms with Gasteiger partial charge in [0.05, 0.1) is 22.0 Å². The first-order chi connectivity index (χ1) is 16.1. The van der Waals surface area contributed by atoms with E-state index in [0.717, 1.165) is 29.8 Å². The van der Waals surface area contributed by atoms with Gasteiger partial charge in [-0.05, 0) is 37.6 Å². The fraction of sp³-hybridized carbons (Fsp3) is 0.370. The highest BCUT2D eigenvalue weighted by molar-refractivity contribution is 6.33. The van der Waals surface area contributed by atoms with Crippen molar-refractivity contribution in [3.05, 3.63) is 76.4 Å². The summed E-state index contributed by atoms with van der Waals surface area (Å²) in [5, 5.41) is 8.12. The lowest BCUT2D eigenvalue weighted by Crippen LogP contribution is -2.39. The molecule has 0 aliphatic rings. The van der Waals surface area contributed by atoms with Crippen LogP contribution in [0.1, 0.15) is 62.2 Å². The Morgan fingerprint density at radius 3 is 2.38 bits per heavy atom. The highest BCUT2D eigenvalue weighted by atomic mass is 35.5. The predicted octanol–water partition coefficient (Wildman–Crippen LogP) is 6.01. The van der Waals surface area contributed by atoms with Crippen LogP contribution in [0.3, 0.4) is 0 Å². The van der Waals surface area contributed by atoms with Gasteiger partial charge in [0.15, 0.2) is 0 Å². The Labute approximate surface area is 206 Å². The molecule has 2 aromatic carbocycles. The zero-order chi connectivity index (χ0) is 24.9. The number of unbranched alkanes of at least 4 members (excludes halogenated alkanes) is 1. The third kappa shape index (κ3) is 6.26. The van der Waals surface area contributed by atoms with E-state index in [1.807, 2.05) is 44.2 Å². The number of nitrogens with one attached hydrogen (secondary N) is 1. The number of anilines is 1. The molecule has 7 heteroatoms. The summed E-state index contributed by atoms with van der Waals surface area (Å²) in [5.74, 6) is 0.0289. The Hall–Kier alpha value is -3.12. The van der Waals surface area contributed by atoms with Gasteiger partial charge >= 0.3 is 0 Å². The summed E-state index contributed by atoms with van der Waals surface area (Å²) in [6.45, 7) is 10.7. The summed E-state index contributed by atoms with van der Waals surface area (Å²) in [6, 6.07) is 16.8. The van der Waals surface area contributed by atoms with Crippen LogP contribution in [0, 0.1) is 6.92 Å². The second-order valence-electron chi connectivity index (χ2n) is 9.52. The molecule has 3 rings (SSSR count). The summed E-state index contributed by atoms with van der Waals surface area (Å²) < 4.78 is 1.74. The van der Waals surface area contributed by atoms with Crippen LogP contribution in [-0.2, 0) is 10.2 Å². The van der Waals surface area contributed by atoms with Gasteiger partial charge in [-0.3, -0.25) is 9.59 Å². The van der Waals surface area contributed by atoms with Crippen molar-refractivity contribution in [1.82, 2.24) is 14.7 Å². The van der Waals surface area contributed by atoms with Crippen LogP contribution in [0.25, 0.3) is 5.69 Å². The van der Waals surface area contributed by atoms with Crippen molar-refractivity contribution in [3.8, 4) is 5.69 Å². The van der Waals surface area contributed by atoms with E-state index in [0.29, 0.717) is 22.9 Å². The third-order valence-corrected chi connectivity index (χ3v) is 5.86. The fourth-order valence-corrected chi connectivity index (χ4v) is 3.70. The minimum absolute atomic E-state index is 0.0754. The quantitative estimate of drug-likeness (QED) is 0.429. The topological polar surface area (TPSA) is 67.2 Å². The number of amides is 2. The maximum atomic E-state index is 13.2. The SMILES string of the molecule is CCCCN(CC(=O)Nc1cc(C(C)(C)C)nn1-c1ccc(C)cc1)C(=O)c1ccccc1Cl. The van der Waals surface area contributed by atoms with Crippen molar-refractivity contribution >= 4 is 29.2 Å². The molecular weight excluding hydrogens is 448 g/mol.